The van der Waals surface area contributed by atoms with Crippen molar-refractivity contribution >= 4 is 14.1 Å². The first-order valence-electron chi connectivity index (χ1n) is 5.49. The van der Waals surface area contributed by atoms with E-state index in [2.05, 4.69) is 49.1 Å². The second-order valence-corrected chi connectivity index (χ2v) is 9.37. The second-order valence-electron chi connectivity index (χ2n) is 4.56. The summed E-state index contributed by atoms with van der Waals surface area (Å²) in [4.78, 5) is 0. The van der Waals surface area contributed by atoms with Crippen molar-refractivity contribution in [2.75, 3.05) is 6.61 Å². The molecule has 1 aromatic carbocycles. The zero-order valence-corrected chi connectivity index (χ0v) is 10.6. The summed E-state index contributed by atoms with van der Waals surface area (Å²) in [5.41, 5.74) is 3.62. The highest BCUT2D eigenvalue weighted by Crippen LogP contribution is 2.15. The van der Waals surface area contributed by atoms with E-state index in [1.165, 1.54) is 5.56 Å². The molecule has 0 atom stereocenters. The van der Waals surface area contributed by atoms with Crippen molar-refractivity contribution in [3.63, 3.8) is 0 Å². The van der Waals surface area contributed by atoms with Gasteiger partial charge in [0.2, 0.25) is 0 Å². The molecule has 0 heterocycles. The maximum absolute atomic E-state index is 8.81. The summed E-state index contributed by atoms with van der Waals surface area (Å²) < 4.78 is 0. The number of aliphatic hydroxyl groups excluding tert-OH is 1. The van der Waals surface area contributed by atoms with Crippen LogP contribution in [0.2, 0.25) is 19.1 Å². The topological polar surface area (TPSA) is 20.2 Å². The molecule has 15 heavy (non-hydrogen) atoms. The molecule has 1 nitrogen and oxygen atoms in total. The van der Waals surface area contributed by atoms with Gasteiger partial charge in [-0.3, -0.25) is 0 Å². The predicted octanol–water partition coefficient (Wildman–Crippen LogP) is 3.33. The van der Waals surface area contributed by atoms with Crippen LogP contribution in [0.25, 0.3) is 6.08 Å². The average Bonchev–Trinajstić information content (AvgIpc) is 2.25. The third-order valence-electron chi connectivity index (χ3n) is 2.51. The van der Waals surface area contributed by atoms with Crippen molar-refractivity contribution in [3.05, 3.63) is 41.6 Å². The van der Waals surface area contributed by atoms with Crippen molar-refractivity contribution in [2.45, 2.75) is 25.6 Å². The molecule has 1 rings (SSSR count). The van der Waals surface area contributed by atoms with Crippen LogP contribution in [-0.4, -0.2) is 19.8 Å². The van der Waals surface area contributed by atoms with Crippen LogP contribution in [0.3, 0.4) is 0 Å². The highest BCUT2D eigenvalue weighted by molar-refractivity contribution is 6.82. The number of benzene rings is 1. The molecular weight excluding hydrogens is 200 g/mol. The van der Waals surface area contributed by atoms with Gasteiger partial charge in [-0.05, 0) is 12.0 Å². The Morgan fingerprint density at radius 3 is 2.47 bits per heavy atom. The zero-order chi connectivity index (χ0) is 11.1. The Bertz CT molecular complexity index is 304. The predicted molar refractivity (Wildman–Crippen MR) is 69.5 cm³/mol. The highest BCUT2D eigenvalue weighted by atomic mass is 28.3. The van der Waals surface area contributed by atoms with Crippen LogP contribution in [0, 0.1) is 0 Å². The fourth-order valence-corrected chi connectivity index (χ4v) is 3.38. The van der Waals surface area contributed by atoms with Crippen LogP contribution in [0.1, 0.15) is 12.0 Å². The molecule has 0 saturated carbocycles. The van der Waals surface area contributed by atoms with E-state index < -0.39 is 8.07 Å². The molecule has 0 aliphatic carbocycles. The first-order chi connectivity index (χ1) is 7.14. The lowest BCUT2D eigenvalue weighted by molar-refractivity contribution is 0.294. The van der Waals surface area contributed by atoms with Crippen molar-refractivity contribution < 1.29 is 5.11 Å². The zero-order valence-electron chi connectivity index (χ0n) is 9.61. The van der Waals surface area contributed by atoms with Crippen LogP contribution in [0.5, 0.6) is 0 Å². The summed E-state index contributed by atoms with van der Waals surface area (Å²) in [6.07, 6.45) is 3.14. The average molecular weight is 220 g/mol. The minimum absolute atomic E-state index is 0.315. The van der Waals surface area contributed by atoms with Gasteiger partial charge in [-0.2, -0.15) is 0 Å². The highest BCUT2D eigenvalue weighted by Gasteiger charge is 2.15. The van der Waals surface area contributed by atoms with Crippen LogP contribution in [-0.2, 0) is 0 Å². The molecule has 0 fully saturated rings. The maximum Gasteiger partial charge on any atom is 0.0718 e. The van der Waals surface area contributed by atoms with Crippen LogP contribution in [0.4, 0.5) is 0 Å². The van der Waals surface area contributed by atoms with E-state index in [9.17, 15) is 0 Å². The monoisotopic (exact) mass is 220 g/mol. The fourth-order valence-electron chi connectivity index (χ4n) is 1.50. The number of rotatable bonds is 5. The summed E-state index contributed by atoms with van der Waals surface area (Å²) in [6.45, 7) is 4.99. The first kappa shape index (κ1) is 12.2. The normalized spacial score (nSPS) is 12.2. The van der Waals surface area contributed by atoms with Crippen LogP contribution >= 0.6 is 0 Å². The molecule has 82 valence electrons. The third-order valence-corrected chi connectivity index (χ3v) is 5.22. The lowest BCUT2D eigenvalue weighted by Gasteiger charge is -2.16. The first-order valence-corrected chi connectivity index (χ1v) is 8.78. The summed E-state index contributed by atoms with van der Waals surface area (Å²) >= 11 is 0. The van der Waals surface area contributed by atoms with Crippen LogP contribution in [0.15, 0.2) is 36.0 Å². The molecule has 0 aromatic heterocycles. The minimum atomic E-state index is -1.25. The Labute approximate surface area is 93.5 Å². The summed E-state index contributed by atoms with van der Waals surface area (Å²) in [6, 6.07) is 11.5. The van der Waals surface area contributed by atoms with Gasteiger partial charge in [0.1, 0.15) is 0 Å². The molecule has 0 aliphatic heterocycles. The SMILES string of the molecule is C[Si](C)(/C=C/c1ccccc1)CCCO. The minimum Gasteiger partial charge on any atom is -0.396 e. The van der Waals surface area contributed by atoms with Gasteiger partial charge < -0.3 is 5.11 Å². The van der Waals surface area contributed by atoms with Gasteiger partial charge in [0.15, 0.2) is 0 Å². The van der Waals surface area contributed by atoms with Gasteiger partial charge in [0.05, 0.1) is 8.07 Å². The molecule has 0 saturated heterocycles. The molecule has 2 heteroatoms. The largest absolute Gasteiger partial charge is 0.396 e. The van der Waals surface area contributed by atoms with Crippen LogP contribution < -0.4 is 0 Å². The number of hydrogen-bond donors (Lipinski definition) is 1. The third kappa shape index (κ3) is 4.95. The fraction of sp³-hybridized carbons (Fsp3) is 0.385. The molecule has 0 bridgehead atoms. The van der Waals surface area contributed by atoms with Gasteiger partial charge in [0.25, 0.3) is 0 Å². The van der Waals surface area contributed by atoms with Crippen molar-refractivity contribution in [3.8, 4) is 0 Å². The molecule has 0 spiro atoms. The standard InChI is InChI=1S/C13H20OSi/c1-15(2,11-6-10-14)12-9-13-7-4-3-5-8-13/h3-5,7-9,12,14H,6,10-11H2,1-2H3/b12-9+. The van der Waals surface area contributed by atoms with Gasteiger partial charge >= 0.3 is 0 Å². The summed E-state index contributed by atoms with van der Waals surface area (Å²) in [5.74, 6) is 0. The lowest BCUT2D eigenvalue weighted by Crippen LogP contribution is -2.22. The molecule has 0 aliphatic rings. The Kier molecular flexibility index (Phi) is 4.79. The lowest BCUT2D eigenvalue weighted by atomic mass is 10.2. The second kappa shape index (κ2) is 5.88. The van der Waals surface area contributed by atoms with E-state index in [4.69, 9.17) is 5.11 Å². The van der Waals surface area contributed by atoms with E-state index in [-0.39, 0.29) is 0 Å². The Balaban J connectivity index is 2.56. The Morgan fingerprint density at radius 2 is 1.87 bits per heavy atom. The van der Waals surface area contributed by atoms with E-state index in [1.54, 1.807) is 0 Å². The van der Waals surface area contributed by atoms with E-state index in [1.807, 2.05) is 6.07 Å². The van der Waals surface area contributed by atoms with Gasteiger partial charge in [-0.15, -0.1) is 0 Å². The van der Waals surface area contributed by atoms with E-state index in [0.717, 1.165) is 12.5 Å². The molecule has 0 unspecified atom stereocenters. The van der Waals surface area contributed by atoms with E-state index in [0.29, 0.717) is 6.61 Å². The van der Waals surface area contributed by atoms with Crippen molar-refractivity contribution in [1.29, 1.82) is 0 Å². The molecular formula is C13H20OSi. The quantitative estimate of drug-likeness (QED) is 0.755. The van der Waals surface area contributed by atoms with Gasteiger partial charge in [-0.1, -0.05) is 61.2 Å². The molecule has 1 N–H and O–H groups in total. The van der Waals surface area contributed by atoms with E-state index >= 15 is 0 Å². The Morgan fingerprint density at radius 1 is 1.20 bits per heavy atom. The van der Waals surface area contributed by atoms with Gasteiger partial charge in [0, 0.05) is 6.61 Å². The van der Waals surface area contributed by atoms with Crippen molar-refractivity contribution in [1.82, 2.24) is 0 Å². The Hall–Kier alpha value is -0.863. The van der Waals surface area contributed by atoms with Crippen molar-refractivity contribution in [2.24, 2.45) is 0 Å². The molecule has 0 radical (unpaired) electrons. The summed E-state index contributed by atoms with van der Waals surface area (Å²) in [5, 5.41) is 8.81. The number of hydrogen-bond acceptors (Lipinski definition) is 1. The van der Waals surface area contributed by atoms with Gasteiger partial charge in [-0.25, -0.2) is 0 Å². The molecule has 1 aromatic rings. The summed E-state index contributed by atoms with van der Waals surface area (Å²) in [7, 11) is -1.25. The smallest absolute Gasteiger partial charge is 0.0718 e. The number of aliphatic hydroxyl groups is 1. The maximum atomic E-state index is 8.81. The molecule has 0 amide bonds.